The second kappa shape index (κ2) is 8.45. The highest BCUT2D eigenvalue weighted by molar-refractivity contribution is 6.33. The molecule has 0 bridgehead atoms. The Kier molecular flexibility index (Phi) is 5.58. The molecule has 0 radical (unpaired) electrons. The topological polar surface area (TPSA) is 89.2 Å². The predicted molar refractivity (Wildman–Crippen MR) is 137 cm³/mol. The van der Waals surface area contributed by atoms with Gasteiger partial charge in [-0.3, -0.25) is 0 Å². The number of anilines is 3. The standard InChI is InChI=1S/C25H27ClFN7/c1-32(2)14-9-10-34(12-14)20-8-7-19(28)21(22(20)29)25-30-11-17(26)23(31-25)16-13-33(3)24-15(16)5-4-6-18(24)27/h4-8,11,13-14H,9-10,12,28-29H2,1-3H3. The highest BCUT2D eigenvalue weighted by Gasteiger charge is 2.27. The van der Waals surface area contributed by atoms with Crippen LogP contribution in [0, 0.1) is 5.82 Å². The van der Waals surface area contributed by atoms with Crippen molar-refractivity contribution in [2.75, 3.05) is 43.6 Å². The summed E-state index contributed by atoms with van der Waals surface area (Å²) in [5.74, 6) is 0.0764. The van der Waals surface area contributed by atoms with Gasteiger partial charge >= 0.3 is 0 Å². The van der Waals surface area contributed by atoms with E-state index in [4.69, 9.17) is 28.1 Å². The SMILES string of the molecule is CN(C)C1CCN(c2ccc(N)c(-c3ncc(Cl)c(-c4cn(C)c5c(F)cccc45)n3)c2N)C1. The smallest absolute Gasteiger partial charge is 0.164 e. The van der Waals surface area contributed by atoms with E-state index in [2.05, 4.69) is 28.9 Å². The molecule has 1 aliphatic rings. The average Bonchev–Trinajstić information content (AvgIpc) is 3.41. The van der Waals surface area contributed by atoms with Crippen LogP contribution in [0.3, 0.4) is 0 Å². The number of likely N-dealkylation sites (N-methyl/N-ethyl adjacent to an activating group) is 1. The monoisotopic (exact) mass is 479 g/mol. The van der Waals surface area contributed by atoms with Crippen LogP contribution in [0.15, 0.2) is 42.7 Å². The van der Waals surface area contributed by atoms with Gasteiger partial charge in [0, 0.05) is 49.0 Å². The van der Waals surface area contributed by atoms with Crippen LogP contribution >= 0.6 is 11.6 Å². The molecule has 2 aromatic heterocycles. The van der Waals surface area contributed by atoms with E-state index in [1.165, 1.54) is 6.07 Å². The fraction of sp³-hybridized carbons (Fsp3) is 0.280. The summed E-state index contributed by atoms with van der Waals surface area (Å²) in [6.07, 6.45) is 4.42. The Balaban J connectivity index is 1.62. The molecule has 0 aliphatic carbocycles. The molecule has 1 aliphatic heterocycles. The Morgan fingerprint density at radius 1 is 1.18 bits per heavy atom. The first kappa shape index (κ1) is 22.4. The number of hydrogen-bond donors (Lipinski definition) is 2. The maximum Gasteiger partial charge on any atom is 0.164 e. The lowest BCUT2D eigenvalue weighted by Crippen LogP contribution is -2.31. The molecule has 0 amide bonds. The second-order valence-electron chi connectivity index (χ2n) is 8.99. The van der Waals surface area contributed by atoms with E-state index in [0.29, 0.717) is 50.6 Å². The maximum atomic E-state index is 14.5. The zero-order chi connectivity index (χ0) is 24.1. The lowest BCUT2D eigenvalue weighted by molar-refractivity contribution is 0.315. The number of nitrogens with two attached hydrogens (primary N) is 2. The summed E-state index contributed by atoms with van der Waals surface area (Å²) in [5, 5.41) is 1.08. The Morgan fingerprint density at radius 3 is 2.71 bits per heavy atom. The molecule has 2 aromatic carbocycles. The van der Waals surface area contributed by atoms with Crippen LogP contribution in [-0.4, -0.2) is 52.7 Å². The zero-order valence-corrected chi connectivity index (χ0v) is 20.1. The predicted octanol–water partition coefficient (Wildman–Crippen LogP) is 4.40. The molecule has 5 rings (SSSR count). The third-order valence-electron chi connectivity index (χ3n) is 6.66. The summed E-state index contributed by atoms with van der Waals surface area (Å²) in [4.78, 5) is 13.7. The molecule has 1 atom stereocenters. The van der Waals surface area contributed by atoms with E-state index < -0.39 is 0 Å². The van der Waals surface area contributed by atoms with Crippen molar-refractivity contribution in [2.45, 2.75) is 12.5 Å². The number of rotatable bonds is 4. The zero-order valence-electron chi connectivity index (χ0n) is 19.4. The van der Waals surface area contributed by atoms with Crippen molar-refractivity contribution < 1.29 is 4.39 Å². The quantitative estimate of drug-likeness (QED) is 0.422. The summed E-state index contributed by atoms with van der Waals surface area (Å²) in [7, 11) is 5.98. The van der Waals surface area contributed by atoms with Crippen LogP contribution in [0.25, 0.3) is 33.5 Å². The molecule has 4 N–H and O–H groups in total. The average molecular weight is 480 g/mol. The van der Waals surface area contributed by atoms with Crippen molar-refractivity contribution in [1.29, 1.82) is 0 Å². The van der Waals surface area contributed by atoms with Crippen LogP contribution in [-0.2, 0) is 7.05 Å². The minimum Gasteiger partial charge on any atom is -0.398 e. The minimum atomic E-state index is -0.306. The van der Waals surface area contributed by atoms with E-state index in [1.54, 1.807) is 23.9 Å². The Bertz CT molecular complexity index is 1400. The fourth-order valence-electron chi connectivity index (χ4n) is 4.82. The van der Waals surface area contributed by atoms with E-state index in [0.717, 1.165) is 30.6 Å². The molecule has 7 nitrogen and oxygen atoms in total. The lowest BCUT2D eigenvalue weighted by Gasteiger charge is -2.24. The Hall–Kier alpha value is -3.36. The van der Waals surface area contributed by atoms with Gasteiger partial charge in [-0.2, -0.15) is 0 Å². The molecule has 176 valence electrons. The molecule has 1 fully saturated rings. The summed E-state index contributed by atoms with van der Waals surface area (Å²) in [6.45, 7) is 1.79. The van der Waals surface area contributed by atoms with Crippen LogP contribution in [0.5, 0.6) is 0 Å². The summed E-state index contributed by atoms with van der Waals surface area (Å²) < 4.78 is 16.2. The highest BCUT2D eigenvalue weighted by atomic mass is 35.5. The van der Waals surface area contributed by atoms with Gasteiger partial charge < -0.3 is 25.8 Å². The van der Waals surface area contributed by atoms with E-state index in [-0.39, 0.29) is 5.82 Å². The number of halogens is 2. The molecule has 4 aromatic rings. The first-order valence-electron chi connectivity index (χ1n) is 11.1. The molecule has 1 saturated heterocycles. The van der Waals surface area contributed by atoms with Crippen molar-refractivity contribution in [3.63, 3.8) is 0 Å². The normalized spacial score (nSPS) is 16.2. The minimum absolute atomic E-state index is 0.306. The maximum absolute atomic E-state index is 14.5. The van der Waals surface area contributed by atoms with E-state index >= 15 is 0 Å². The third kappa shape index (κ3) is 3.63. The van der Waals surface area contributed by atoms with E-state index in [9.17, 15) is 4.39 Å². The number of fused-ring (bicyclic) bond motifs is 1. The van der Waals surface area contributed by atoms with Crippen LogP contribution in [0.4, 0.5) is 21.5 Å². The van der Waals surface area contributed by atoms with Gasteiger partial charge in [-0.15, -0.1) is 0 Å². The molecular weight excluding hydrogens is 453 g/mol. The van der Waals surface area contributed by atoms with Gasteiger partial charge in [0.15, 0.2) is 5.82 Å². The van der Waals surface area contributed by atoms with Gasteiger partial charge in [-0.05, 0) is 38.7 Å². The third-order valence-corrected chi connectivity index (χ3v) is 6.94. The fourth-order valence-corrected chi connectivity index (χ4v) is 5.01. The van der Waals surface area contributed by atoms with Crippen LogP contribution in [0.2, 0.25) is 5.02 Å². The van der Waals surface area contributed by atoms with Crippen molar-refractivity contribution in [2.24, 2.45) is 7.05 Å². The molecule has 0 saturated carbocycles. The van der Waals surface area contributed by atoms with E-state index in [1.807, 2.05) is 24.4 Å². The van der Waals surface area contributed by atoms with Gasteiger partial charge in [0.05, 0.1) is 39.4 Å². The molecular formula is C25H27ClFN7. The summed E-state index contributed by atoms with van der Waals surface area (Å²) >= 11 is 6.52. The Morgan fingerprint density at radius 2 is 1.97 bits per heavy atom. The largest absolute Gasteiger partial charge is 0.398 e. The first-order chi connectivity index (χ1) is 16.3. The van der Waals surface area contributed by atoms with Gasteiger partial charge in [0.1, 0.15) is 5.82 Å². The van der Waals surface area contributed by atoms with Crippen molar-refractivity contribution in [3.05, 3.63) is 53.6 Å². The molecule has 34 heavy (non-hydrogen) atoms. The number of benzene rings is 2. The number of para-hydroxylation sites is 1. The van der Waals surface area contributed by atoms with Gasteiger partial charge in [-0.1, -0.05) is 23.7 Å². The van der Waals surface area contributed by atoms with Crippen molar-refractivity contribution in [1.82, 2.24) is 19.4 Å². The number of nitrogen functional groups attached to an aromatic ring is 2. The number of hydrogen-bond acceptors (Lipinski definition) is 6. The lowest BCUT2D eigenvalue weighted by atomic mass is 10.1. The molecule has 3 heterocycles. The van der Waals surface area contributed by atoms with Gasteiger partial charge in [0.25, 0.3) is 0 Å². The summed E-state index contributed by atoms with van der Waals surface area (Å²) in [6, 6.07) is 9.22. The second-order valence-corrected chi connectivity index (χ2v) is 9.40. The van der Waals surface area contributed by atoms with Crippen LogP contribution < -0.4 is 16.4 Å². The number of aryl methyl sites for hydroxylation is 1. The number of nitrogens with zero attached hydrogens (tertiary/aromatic N) is 5. The molecule has 9 heteroatoms. The van der Waals surface area contributed by atoms with Crippen molar-refractivity contribution in [3.8, 4) is 22.6 Å². The summed E-state index contributed by atoms with van der Waals surface area (Å²) in [5.41, 5.74) is 17.2. The first-order valence-corrected chi connectivity index (χ1v) is 11.5. The van der Waals surface area contributed by atoms with Gasteiger partial charge in [0.2, 0.25) is 0 Å². The highest BCUT2D eigenvalue weighted by Crippen LogP contribution is 2.40. The Labute approximate surface area is 202 Å². The van der Waals surface area contributed by atoms with Gasteiger partial charge in [-0.25, -0.2) is 14.4 Å². The van der Waals surface area contributed by atoms with Crippen LogP contribution in [0.1, 0.15) is 6.42 Å². The number of aromatic nitrogens is 3. The molecule has 0 spiro atoms. The van der Waals surface area contributed by atoms with Crippen molar-refractivity contribution >= 4 is 39.6 Å². The molecule has 1 unspecified atom stereocenters.